The summed E-state index contributed by atoms with van der Waals surface area (Å²) in [5, 5.41) is 0. The Labute approximate surface area is 119 Å². The first-order valence-electron chi connectivity index (χ1n) is 6.92. The summed E-state index contributed by atoms with van der Waals surface area (Å²) in [4.78, 5) is 0.0861. The SMILES string of the molecule is CCCN(CC1CC1)S(=O)(=O)c1cc(C)c(F)c(N)c1. The van der Waals surface area contributed by atoms with Crippen LogP contribution in [-0.4, -0.2) is 25.8 Å². The molecule has 4 nitrogen and oxygen atoms in total. The predicted octanol–water partition coefficient (Wildman–Crippen LogP) is 2.53. The van der Waals surface area contributed by atoms with Gasteiger partial charge in [0, 0.05) is 13.1 Å². The van der Waals surface area contributed by atoms with E-state index in [2.05, 4.69) is 0 Å². The van der Waals surface area contributed by atoms with Crippen molar-refractivity contribution in [2.75, 3.05) is 18.8 Å². The van der Waals surface area contributed by atoms with Crippen molar-refractivity contribution in [2.24, 2.45) is 5.92 Å². The molecule has 1 aliphatic carbocycles. The van der Waals surface area contributed by atoms with Gasteiger partial charge in [-0.3, -0.25) is 0 Å². The van der Waals surface area contributed by atoms with Crippen LogP contribution in [0.2, 0.25) is 0 Å². The van der Waals surface area contributed by atoms with E-state index >= 15 is 0 Å². The molecule has 2 rings (SSSR count). The normalized spacial score (nSPS) is 15.8. The Morgan fingerprint density at radius 2 is 2.05 bits per heavy atom. The Bertz CT molecular complexity index is 574. The molecule has 1 aromatic rings. The van der Waals surface area contributed by atoms with E-state index in [1.807, 2.05) is 6.92 Å². The van der Waals surface area contributed by atoms with Gasteiger partial charge in [0.15, 0.2) is 0 Å². The van der Waals surface area contributed by atoms with Crippen molar-refractivity contribution in [3.8, 4) is 0 Å². The van der Waals surface area contributed by atoms with Crippen LogP contribution in [0.3, 0.4) is 0 Å². The maximum absolute atomic E-state index is 13.5. The molecule has 1 aliphatic rings. The summed E-state index contributed by atoms with van der Waals surface area (Å²) in [6, 6.07) is 2.57. The van der Waals surface area contributed by atoms with Crippen LogP contribution in [0.15, 0.2) is 17.0 Å². The van der Waals surface area contributed by atoms with E-state index in [1.54, 1.807) is 0 Å². The van der Waals surface area contributed by atoms with E-state index in [4.69, 9.17) is 5.73 Å². The molecule has 2 N–H and O–H groups in total. The van der Waals surface area contributed by atoms with E-state index in [1.165, 1.54) is 23.4 Å². The molecule has 0 amide bonds. The fourth-order valence-corrected chi connectivity index (χ4v) is 3.94. The third-order valence-corrected chi connectivity index (χ3v) is 5.37. The molecule has 1 saturated carbocycles. The van der Waals surface area contributed by atoms with Crippen LogP contribution in [0.5, 0.6) is 0 Å². The highest BCUT2D eigenvalue weighted by Crippen LogP contribution is 2.32. The van der Waals surface area contributed by atoms with Gasteiger partial charge in [0.05, 0.1) is 10.6 Å². The van der Waals surface area contributed by atoms with Gasteiger partial charge in [0.2, 0.25) is 10.0 Å². The van der Waals surface area contributed by atoms with E-state index in [0.29, 0.717) is 19.0 Å². The number of benzene rings is 1. The molecule has 112 valence electrons. The molecular weight excluding hydrogens is 279 g/mol. The van der Waals surface area contributed by atoms with Crippen molar-refractivity contribution in [1.29, 1.82) is 0 Å². The van der Waals surface area contributed by atoms with Crippen LogP contribution in [-0.2, 0) is 10.0 Å². The number of anilines is 1. The molecule has 0 saturated heterocycles. The Kier molecular flexibility index (Phi) is 4.34. The molecule has 0 aromatic heterocycles. The van der Waals surface area contributed by atoms with E-state index in [-0.39, 0.29) is 16.1 Å². The molecule has 0 unspecified atom stereocenters. The number of nitrogens with zero attached hydrogens (tertiary/aromatic N) is 1. The van der Waals surface area contributed by atoms with Crippen molar-refractivity contribution in [1.82, 2.24) is 4.31 Å². The van der Waals surface area contributed by atoms with Crippen LogP contribution < -0.4 is 5.73 Å². The molecule has 0 atom stereocenters. The first-order chi connectivity index (χ1) is 9.36. The standard InChI is InChI=1S/C14H21FN2O2S/c1-3-6-17(9-11-4-5-11)20(18,19)12-7-10(2)14(15)13(16)8-12/h7-8,11H,3-6,9,16H2,1-2H3. The fourth-order valence-electron chi connectivity index (χ4n) is 2.21. The van der Waals surface area contributed by atoms with Gasteiger partial charge in [0.1, 0.15) is 5.82 Å². The number of nitrogens with two attached hydrogens (primary N) is 1. The number of nitrogen functional groups attached to an aromatic ring is 1. The Morgan fingerprint density at radius 3 is 2.55 bits per heavy atom. The molecule has 0 heterocycles. The maximum atomic E-state index is 13.5. The summed E-state index contributed by atoms with van der Waals surface area (Å²) in [5.74, 6) is -0.0802. The quantitative estimate of drug-likeness (QED) is 0.821. The topological polar surface area (TPSA) is 63.4 Å². The van der Waals surface area contributed by atoms with Gasteiger partial charge in [-0.15, -0.1) is 0 Å². The molecule has 20 heavy (non-hydrogen) atoms. The second-order valence-corrected chi connectivity index (χ2v) is 7.39. The minimum atomic E-state index is -3.59. The Hall–Kier alpha value is -1.14. The highest BCUT2D eigenvalue weighted by atomic mass is 32.2. The summed E-state index contributed by atoms with van der Waals surface area (Å²) in [6.45, 7) is 4.50. The monoisotopic (exact) mass is 300 g/mol. The van der Waals surface area contributed by atoms with Crippen molar-refractivity contribution in [3.63, 3.8) is 0 Å². The average molecular weight is 300 g/mol. The summed E-state index contributed by atoms with van der Waals surface area (Å²) in [6.07, 6.45) is 2.92. The zero-order valence-corrected chi connectivity index (χ0v) is 12.7. The third-order valence-electron chi connectivity index (χ3n) is 3.53. The molecule has 1 aromatic carbocycles. The van der Waals surface area contributed by atoms with Gasteiger partial charge in [-0.2, -0.15) is 4.31 Å². The zero-order chi connectivity index (χ0) is 14.9. The van der Waals surface area contributed by atoms with Gasteiger partial charge in [-0.25, -0.2) is 12.8 Å². The average Bonchev–Trinajstić information content (AvgIpc) is 3.18. The first-order valence-corrected chi connectivity index (χ1v) is 8.36. The molecule has 0 bridgehead atoms. The number of hydrogen-bond acceptors (Lipinski definition) is 3. The lowest BCUT2D eigenvalue weighted by molar-refractivity contribution is 0.395. The number of hydrogen-bond donors (Lipinski definition) is 1. The van der Waals surface area contributed by atoms with Crippen LogP contribution >= 0.6 is 0 Å². The second kappa shape index (κ2) is 5.69. The van der Waals surface area contributed by atoms with E-state index in [9.17, 15) is 12.8 Å². The lowest BCUT2D eigenvalue weighted by Gasteiger charge is -2.22. The predicted molar refractivity (Wildman–Crippen MR) is 77.3 cm³/mol. The largest absolute Gasteiger partial charge is 0.396 e. The highest BCUT2D eigenvalue weighted by Gasteiger charge is 2.31. The van der Waals surface area contributed by atoms with Gasteiger partial charge in [0.25, 0.3) is 0 Å². The van der Waals surface area contributed by atoms with Crippen LogP contribution in [0.4, 0.5) is 10.1 Å². The maximum Gasteiger partial charge on any atom is 0.243 e. The summed E-state index contributed by atoms with van der Waals surface area (Å²) in [7, 11) is -3.59. The number of aryl methyl sites for hydroxylation is 1. The lowest BCUT2D eigenvalue weighted by atomic mass is 10.2. The van der Waals surface area contributed by atoms with Gasteiger partial charge in [-0.05, 0) is 49.8 Å². The molecule has 0 radical (unpaired) electrons. The van der Waals surface area contributed by atoms with Gasteiger partial charge in [-0.1, -0.05) is 6.92 Å². The summed E-state index contributed by atoms with van der Waals surface area (Å²) >= 11 is 0. The molecule has 1 fully saturated rings. The minimum Gasteiger partial charge on any atom is -0.396 e. The van der Waals surface area contributed by atoms with Crippen molar-refractivity contribution < 1.29 is 12.8 Å². The Morgan fingerprint density at radius 1 is 1.40 bits per heavy atom. The van der Waals surface area contributed by atoms with Crippen molar-refractivity contribution in [2.45, 2.75) is 38.0 Å². The van der Waals surface area contributed by atoms with Gasteiger partial charge >= 0.3 is 0 Å². The smallest absolute Gasteiger partial charge is 0.243 e. The lowest BCUT2D eigenvalue weighted by Crippen LogP contribution is -2.33. The third kappa shape index (κ3) is 3.12. The van der Waals surface area contributed by atoms with Crippen molar-refractivity contribution in [3.05, 3.63) is 23.5 Å². The summed E-state index contributed by atoms with van der Waals surface area (Å²) in [5.41, 5.74) is 5.68. The van der Waals surface area contributed by atoms with Gasteiger partial charge < -0.3 is 5.73 Å². The Balaban J connectivity index is 2.35. The number of rotatable bonds is 6. The zero-order valence-electron chi connectivity index (χ0n) is 11.9. The molecular formula is C14H21FN2O2S. The number of sulfonamides is 1. The summed E-state index contributed by atoms with van der Waals surface area (Å²) < 4.78 is 40.3. The van der Waals surface area contributed by atoms with Crippen LogP contribution in [0, 0.1) is 18.7 Å². The minimum absolute atomic E-state index is 0.0861. The first kappa shape index (κ1) is 15.3. The van der Waals surface area contributed by atoms with Crippen LogP contribution in [0.25, 0.3) is 0 Å². The van der Waals surface area contributed by atoms with Crippen LogP contribution in [0.1, 0.15) is 31.7 Å². The van der Waals surface area contributed by atoms with E-state index < -0.39 is 15.8 Å². The highest BCUT2D eigenvalue weighted by molar-refractivity contribution is 7.89. The molecule has 6 heteroatoms. The fraction of sp³-hybridized carbons (Fsp3) is 0.571. The number of halogens is 1. The van der Waals surface area contributed by atoms with E-state index in [0.717, 1.165) is 19.3 Å². The molecule has 0 spiro atoms. The second-order valence-electron chi connectivity index (χ2n) is 5.45. The molecule has 0 aliphatic heterocycles. The van der Waals surface area contributed by atoms with Crippen molar-refractivity contribution >= 4 is 15.7 Å².